The SMILES string of the molecule is Cc1cc(C)n(-c2cncc(N3CCN(C(C)C(=O)Nc4cccc(F)c4)CC3)n2)n1. The fourth-order valence-corrected chi connectivity index (χ4v) is 3.78. The molecular weight excluding hydrogens is 397 g/mol. The molecule has 1 fully saturated rings. The molecule has 1 amide bonds. The van der Waals surface area contributed by atoms with Gasteiger partial charge < -0.3 is 10.2 Å². The van der Waals surface area contributed by atoms with Crippen molar-refractivity contribution in [3.05, 3.63) is 59.9 Å². The highest BCUT2D eigenvalue weighted by molar-refractivity contribution is 5.94. The third-order valence-corrected chi connectivity index (χ3v) is 5.49. The molecule has 4 rings (SSSR count). The molecule has 8 nitrogen and oxygen atoms in total. The van der Waals surface area contributed by atoms with Crippen LogP contribution in [0.2, 0.25) is 0 Å². The number of anilines is 2. The van der Waals surface area contributed by atoms with Gasteiger partial charge in [0.15, 0.2) is 5.82 Å². The van der Waals surface area contributed by atoms with Crippen LogP contribution in [0.1, 0.15) is 18.3 Å². The molecule has 1 unspecified atom stereocenters. The van der Waals surface area contributed by atoms with Crippen LogP contribution >= 0.6 is 0 Å². The molecule has 0 spiro atoms. The summed E-state index contributed by atoms with van der Waals surface area (Å²) in [7, 11) is 0. The van der Waals surface area contributed by atoms with Crippen molar-refractivity contribution in [2.45, 2.75) is 26.8 Å². The molecule has 3 aromatic rings. The van der Waals surface area contributed by atoms with Gasteiger partial charge in [-0.1, -0.05) is 6.07 Å². The standard InChI is InChI=1S/C22H26FN7O/c1-15-11-16(2)30(27-15)21-14-24-13-20(26-21)29-9-7-28(8-10-29)17(3)22(31)25-19-6-4-5-18(23)12-19/h4-6,11-14,17H,7-10H2,1-3H3,(H,25,31). The van der Waals surface area contributed by atoms with Crippen molar-refractivity contribution in [1.29, 1.82) is 0 Å². The maximum Gasteiger partial charge on any atom is 0.241 e. The lowest BCUT2D eigenvalue weighted by atomic mass is 10.2. The number of amides is 1. The number of hydrogen-bond donors (Lipinski definition) is 1. The maximum atomic E-state index is 13.4. The maximum absolute atomic E-state index is 13.4. The number of carbonyl (C=O) groups is 1. The number of aromatic nitrogens is 4. The molecule has 3 heterocycles. The minimum Gasteiger partial charge on any atom is -0.353 e. The van der Waals surface area contributed by atoms with Crippen LogP contribution in [0.25, 0.3) is 5.82 Å². The van der Waals surface area contributed by atoms with Gasteiger partial charge >= 0.3 is 0 Å². The molecular formula is C22H26FN7O. The molecule has 2 aromatic heterocycles. The van der Waals surface area contributed by atoms with E-state index in [0.717, 1.165) is 30.3 Å². The Bertz CT molecular complexity index is 1080. The Morgan fingerprint density at radius 1 is 1.10 bits per heavy atom. The van der Waals surface area contributed by atoms with Crippen molar-refractivity contribution in [2.24, 2.45) is 0 Å². The van der Waals surface area contributed by atoms with Gasteiger partial charge in [-0.3, -0.25) is 14.7 Å². The van der Waals surface area contributed by atoms with Crippen molar-refractivity contribution in [3.8, 4) is 5.82 Å². The summed E-state index contributed by atoms with van der Waals surface area (Å²) in [5.41, 5.74) is 2.41. The quantitative estimate of drug-likeness (QED) is 0.680. The van der Waals surface area contributed by atoms with Crippen LogP contribution in [0.15, 0.2) is 42.7 Å². The molecule has 1 aliphatic heterocycles. The molecule has 1 atom stereocenters. The molecule has 0 aliphatic carbocycles. The molecule has 0 saturated carbocycles. The Morgan fingerprint density at radius 2 is 1.84 bits per heavy atom. The van der Waals surface area contributed by atoms with Gasteiger partial charge in [0, 0.05) is 37.6 Å². The minimum atomic E-state index is -0.372. The minimum absolute atomic E-state index is 0.148. The van der Waals surface area contributed by atoms with Crippen molar-refractivity contribution >= 4 is 17.4 Å². The Kier molecular flexibility index (Phi) is 5.94. The van der Waals surface area contributed by atoms with Gasteiger partial charge in [-0.15, -0.1) is 0 Å². The van der Waals surface area contributed by atoms with E-state index in [1.54, 1.807) is 29.2 Å². The van der Waals surface area contributed by atoms with Crippen molar-refractivity contribution in [1.82, 2.24) is 24.6 Å². The fraction of sp³-hybridized carbons (Fsp3) is 0.364. The average Bonchev–Trinajstić information content (AvgIpc) is 3.11. The fourth-order valence-electron chi connectivity index (χ4n) is 3.78. The van der Waals surface area contributed by atoms with Crippen molar-refractivity contribution < 1.29 is 9.18 Å². The Balaban J connectivity index is 1.38. The van der Waals surface area contributed by atoms with Crippen LogP contribution in [0.4, 0.5) is 15.9 Å². The second kappa shape index (κ2) is 8.81. The van der Waals surface area contributed by atoms with Crippen LogP contribution in [0.3, 0.4) is 0 Å². The highest BCUT2D eigenvalue weighted by Gasteiger charge is 2.26. The van der Waals surface area contributed by atoms with Gasteiger partial charge in [0.05, 0.1) is 24.1 Å². The van der Waals surface area contributed by atoms with Crippen LogP contribution in [0.5, 0.6) is 0 Å². The first-order valence-corrected chi connectivity index (χ1v) is 10.3. The van der Waals surface area contributed by atoms with E-state index >= 15 is 0 Å². The third kappa shape index (κ3) is 4.72. The summed E-state index contributed by atoms with van der Waals surface area (Å²) < 4.78 is 15.1. The van der Waals surface area contributed by atoms with Gasteiger partial charge in [-0.25, -0.2) is 14.1 Å². The van der Waals surface area contributed by atoms with Crippen LogP contribution in [0, 0.1) is 19.7 Å². The first kappa shape index (κ1) is 20.9. The zero-order chi connectivity index (χ0) is 22.0. The summed E-state index contributed by atoms with van der Waals surface area (Å²) in [6.07, 6.45) is 3.46. The molecule has 9 heteroatoms. The Labute approximate surface area is 180 Å². The summed E-state index contributed by atoms with van der Waals surface area (Å²) in [5, 5.41) is 7.27. The van der Waals surface area contributed by atoms with Crippen LogP contribution in [-0.2, 0) is 4.79 Å². The van der Waals surface area contributed by atoms with E-state index in [2.05, 4.69) is 25.2 Å². The molecule has 1 N–H and O–H groups in total. The monoisotopic (exact) mass is 423 g/mol. The smallest absolute Gasteiger partial charge is 0.241 e. The van der Waals surface area contributed by atoms with E-state index in [4.69, 9.17) is 4.98 Å². The third-order valence-electron chi connectivity index (χ3n) is 5.49. The van der Waals surface area contributed by atoms with E-state index < -0.39 is 0 Å². The van der Waals surface area contributed by atoms with E-state index in [1.165, 1.54) is 12.1 Å². The zero-order valence-corrected chi connectivity index (χ0v) is 17.9. The summed E-state index contributed by atoms with van der Waals surface area (Å²) in [4.78, 5) is 26.0. The molecule has 0 radical (unpaired) electrons. The highest BCUT2D eigenvalue weighted by atomic mass is 19.1. The number of nitrogens with zero attached hydrogens (tertiary/aromatic N) is 6. The normalized spacial score (nSPS) is 15.7. The summed E-state index contributed by atoms with van der Waals surface area (Å²) in [6.45, 7) is 8.69. The van der Waals surface area contributed by atoms with E-state index in [9.17, 15) is 9.18 Å². The van der Waals surface area contributed by atoms with Gasteiger partial charge in [0.2, 0.25) is 5.91 Å². The summed E-state index contributed by atoms with van der Waals surface area (Å²) >= 11 is 0. The van der Waals surface area contributed by atoms with E-state index in [-0.39, 0.29) is 17.8 Å². The first-order chi connectivity index (χ1) is 14.9. The van der Waals surface area contributed by atoms with Gasteiger partial charge in [-0.05, 0) is 45.0 Å². The lowest BCUT2D eigenvalue weighted by molar-refractivity contribution is -0.120. The number of piperazine rings is 1. The molecule has 1 aliphatic rings. The second-order valence-corrected chi connectivity index (χ2v) is 7.77. The average molecular weight is 423 g/mol. The first-order valence-electron chi connectivity index (χ1n) is 10.3. The molecule has 162 valence electrons. The van der Waals surface area contributed by atoms with Crippen molar-refractivity contribution in [2.75, 3.05) is 36.4 Å². The lowest BCUT2D eigenvalue weighted by Crippen LogP contribution is -2.53. The molecule has 1 aromatic carbocycles. The van der Waals surface area contributed by atoms with Crippen LogP contribution in [-0.4, -0.2) is 62.8 Å². The summed E-state index contributed by atoms with van der Waals surface area (Å²) in [5.74, 6) is 0.961. The van der Waals surface area contributed by atoms with Gasteiger partial charge in [0.1, 0.15) is 11.6 Å². The number of halogens is 1. The number of nitrogens with one attached hydrogen (secondary N) is 1. The predicted octanol–water partition coefficient (Wildman–Crippen LogP) is 2.57. The van der Waals surface area contributed by atoms with Crippen molar-refractivity contribution in [3.63, 3.8) is 0 Å². The molecule has 1 saturated heterocycles. The number of aryl methyl sites for hydroxylation is 2. The van der Waals surface area contributed by atoms with Gasteiger partial charge in [0.25, 0.3) is 0 Å². The number of rotatable bonds is 5. The van der Waals surface area contributed by atoms with E-state index in [0.29, 0.717) is 24.6 Å². The Hall–Kier alpha value is -3.33. The second-order valence-electron chi connectivity index (χ2n) is 7.77. The lowest BCUT2D eigenvalue weighted by Gasteiger charge is -2.37. The largest absolute Gasteiger partial charge is 0.353 e. The number of hydrogen-bond acceptors (Lipinski definition) is 6. The predicted molar refractivity (Wildman–Crippen MR) is 117 cm³/mol. The topological polar surface area (TPSA) is 79.2 Å². The van der Waals surface area contributed by atoms with Gasteiger partial charge in [-0.2, -0.15) is 5.10 Å². The number of carbonyl (C=O) groups excluding carboxylic acids is 1. The Morgan fingerprint density at radius 3 is 2.52 bits per heavy atom. The highest BCUT2D eigenvalue weighted by Crippen LogP contribution is 2.18. The van der Waals surface area contributed by atoms with Crippen LogP contribution < -0.4 is 10.2 Å². The zero-order valence-electron chi connectivity index (χ0n) is 17.9. The summed E-state index contributed by atoms with van der Waals surface area (Å²) in [6, 6.07) is 7.61. The number of benzene rings is 1. The molecule has 31 heavy (non-hydrogen) atoms. The van der Waals surface area contributed by atoms with E-state index in [1.807, 2.05) is 26.8 Å². The molecule has 0 bridgehead atoms.